The number of rotatable bonds is 5. The van der Waals surface area contributed by atoms with Crippen molar-refractivity contribution in [3.8, 4) is 0 Å². The Hall–Kier alpha value is -1.50. The van der Waals surface area contributed by atoms with Crippen LogP contribution in [0.25, 0.3) is 5.70 Å². The molecule has 1 aromatic carbocycles. The van der Waals surface area contributed by atoms with Crippen molar-refractivity contribution >= 4 is 29.1 Å². The van der Waals surface area contributed by atoms with Gasteiger partial charge in [-0.05, 0) is 23.1 Å². The molecule has 6 heteroatoms. The van der Waals surface area contributed by atoms with E-state index in [2.05, 4.69) is 5.32 Å². The van der Waals surface area contributed by atoms with E-state index in [0.717, 1.165) is 5.56 Å². The molecule has 0 fully saturated rings. The molecule has 0 unspecified atom stereocenters. The summed E-state index contributed by atoms with van der Waals surface area (Å²) >= 11 is 1.43. The molecule has 92 valence electrons. The summed E-state index contributed by atoms with van der Waals surface area (Å²) in [4.78, 5) is 11.1. The maximum atomic E-state index is 11.1. The van der Waals surface area contributed by atoms with Gasteiger partial charge < -0.3 is 22.5 Å². The molecule has 5 nitrogen and oxygen atoms in total. The van der Waals surface area contributed by atoms with Crippen LogP contribution in [0.15, 0.2) is 29.7 Å². The van der Waals surface area contributed by atoms with Crippen LogP contribution in [0, 0.1) is 0 Å². The van der Waals surface area contributed by atoms with Crippen molar-refractivity contribution in [1.82, 2.24) is 0 Å². The number of nitrogens with two attached hydrogens (primary N) is 3. The predicted octanol–water partition coefficient (Wildman–Crippen LogP) is 0.490. The quantitative estimate of drug-likeness (QED) is 0.570. The molecule has 0 aromatic heterocycles. The monoisotopic (exact) mass is 252 g/mol. The van der Waals surface area contributed by atoms with Crippen molar-refractivity contribution in [2.45, 2.75) is 0 Å². The third-order valence-electron chi connectivity index (χ3n) is 1.99. The SMILES string of the molecule is NCS/C=C(\N)c1ccc(NC(=O)CN)cc1. The van der Waals surface area contributed by atoms with Gasteiger partial charge in [0.1, 0.15) is 0 Å². The van der Waals surface area contributed by atoms with Gasteiger partial charge >= 0.3 is 0 Å². The van der Waals surface area contributed by atoms with Gasteiger partial charge in [0.15, 0.2) is 0 Å². The van der Waals surface area contributed by atoms with Crippen LogP contribution in [0.4, 0.5) is 5.69 Å². The van der Waals surface area contributed by atoms with Crippen LogP contribution in [0.2, 0.25) is 0 Å². The molecule has 0 radical (unpaired) electrons. The van der Waals surface area contributed by atoms with Crippen LogP contribution in [0.3, 0.4) is 0 Å². The van der Waals surface area contributed by atoms with E-state index in [9.17, 15) is 4.79 Å². The van der Waals surface area contributed by atoms with Gasteiger partial charge in [-0.1, -0.05) is 12.1 Å². The number of anilines is 1. The first-order chi connectivity index (χ1) is 8.17. The van der Waals surface area contributed by atoms with Gasteiger partial charge in [0.05, 0.1) is 6.54 Å². The van der Waals surface area contributed by atoms with E-state index in [1.807, 2.05) is 12.1 Å². The Labute approximate surface area is 104 Å². The van der Waals surface area contributed by atoms with Gasteiger partial charge in [0, 0.05) is 17.3 Å². The second-order valence-electron chi connectivity index (χ2n) is 3.24. The number of carbonyl (C=O) groups is 1. The topological polar surface area (TPSA) is 107 Å². The van der Waals surface area contributed by atoms with Gasteiger partial charge in [-0.3, -0.25) is 4.79 Å². The van der Waals surface area contributed by atoms with Crippen LogP contribution in [-0.2, 0) is 4.79 Å². The van der Waals surface area contributed by atoms with Crippen molar-refractivity contribution in [2.24, 2.45) is 17.2 Å². The average Bonchev–Trinajstić information content (AvgIpc) is 2.36. The van der Waals surface area contributed by atoms with E-state index in [1.54, 1.807) is 17.5 Å². The molecular formula is C11H16N4OS. The molecule has 7 N–H and O–H groups in total. The lowest BCUT2D eigenvalue weighted by Gasteiger charge is -2.05. The van der Waals surface area contributed by atoms with Crippen LogP contribution < -0.4 is 22.5 Å². The van der Waals surface area contributed by atoms with Gasteiger partial charge in [-0.2, -0.15) is 0 Å². The number of benzene rings is 1. The second-order valence-corrected chi connectivity index (χ2v) is 4.14. The zero-order chi connectivity index (χ0) is 12.7. The minimum absolute atomic E-state index is 0.0308. The molecule has 0 spiro atoms. The van der Waals surface area contributed by atoms with E-state index < -0.39 is 0 Å². The lowest BCUT2D eigenvalue weighted by atomic mass is 10.1. The van der Waals surface area contributed by atoms with E-state index >= 15 is 0 Å². The van der Waals surface area contributed by atoms with Gasteiger partial charge in [0.25, 0.3) is 0 Å². The van der Waals surface area contributed by atoms with Crippen molar-refractivity contribution < 1.29 is 4.79 Å². The molecule has 1 amide bonds. The zero-order valence-corrected chi connectivity index (χ0v) is 10.2. The normalized spacial score (nSPS) is 11.3. The molecule has 1 aromatic rings. The number of thioether (sulfide) groups is 1. The third kappa shape index (κ3) is 4.48. The first-order valence-electron chi connectivity index (χ1n) is 5.05. The highest BCUT2D eigenvalue weighted by Crippen LogP contribution is 2.16. The molecular weight excluding hydrogens is 236 g/mol. The summed E-state index contributed by atoms with van der Waals surface area (Å²) in [7, 11) is 0. The van der Waals surface area contributed by atoms with Gasteiger partial charge in [-0.25, -0.2) is 0 Å². The summed E-state index contributed by atoms with van der Waals surface area (Å²) in [5.41, 5.74) is 18.6. The Bertz CT molecular complexity index is 402. The minimum atomic E-state index is -0.222. The lowest BCUT2D eigenvalue weighted by molar-refractivity contribution is -0.114. The zero-order valence-electron chi connectivity index (χ0n) is 9.35. The fourth-order valence-electron chi connectivity index (χ4n) is 1.16. The Morgan fingerprint density at radius 1 is 1.29 bits per heavy atom. The Balaban J connectivity index is 2.70. The molecule has 0 heterocycles. The number of hydrogen-bond donors (Lipinski definition) is 4. The number of carbonyl (C=O) groups excluding carboxylic acids is 1. The summed E-state index contributed by atoms with van der Waals surface area (Å²) in [6.45, 7) is -0.0308. The highest BCUT2D eigenvalue weighted by Gasteiger charge is 2.00. The fourth-order valence-corrected chi connectivity index (χ4v) is 1.58. The largest absolute Gasteiger partial charge is 0.398 e. The highest BCUT2D eigenvalue weighted by molar-refractivity contribution is 8.02. The van der Waals surface area contributed by atoms with E-state index in [4.69, 9.17) is 17.2 Å². The maximum absolute atomic E-state index is 11.1. The molecule has 1 rings (SSSR count). The Kier molecular flexibility index (Phi) is 5.55. The summed E-state index contributed by atoms with van der Waals surface area (Å²) in [6.07, 6.45) is 0. The molecule has 17 heavy (non-hydrogen) atoms. The fraction of sp³-hybridized carbons (Fsp3) is 0.182. The van der Waals surface area contributed by atoms with Crippen molar-refractivity contribution in [1.29, 1.82) is 0 Å². The van der Waals surface area contributed by atoms with E-state index in [1.165, 1.54) is 11.8 Å². The second kappa shape index (κ2) is 6.95. The first kappa shape index (κ1) is 13.6. The Morgan fingerprint density at radius 2 is 1.94 bits per heavy atom. The molecule has 0 aliphatic rings. The van der Waals surface area contributed by atoms with Crippen molar-refractivity contribution in [2.75, 3.05) is 17.7 Å². The molecule has 0 aliphatic carbocycles. The van der Waals surface area contributed by atoms with Crippen LogP contribution >= 0.6 is 11.8 Å². The molecule has 0 saturated heterocycles. The first-order valence-corrected chi connectivity index (χ1v) is 6.10. The van der Waals surface area contributed by atoms with Crippen molar-refractivity contribution in [3.63, 3.8) is 0 Å². The lowest BCUT2D eigenvalue weighted by Crippen LogP contribution is -2.21. The average molecular weight is 252 g/mol. The van der Waals surface area contributed by atoms with Crippen LogP contribution in [0.5, 0.6) is 0 Å². The Morgan fingerprint density at radius 3 is 2.47 bits per heavy atom. The standard InChI is InChI=1S/C11H16N4OS/c12-5-11(16)15-9-3-1-8(2-4-9)10(14)6-17-7-13/h1-4,6H,5,7,12-14H2,(H,15,16)/b10-6-. The predicted molar refractivity (Wildman–Crippen MR) is 72.9 cm³/mol. The van der Waals surface area contributed by atoms with Gasteiger partial charge in [-0.15, -0.1) is 11.8 Å². The van der Waals surface area contributed by atoms with E-state index in [0.29, 0.717) is 17.3 Å². The molecule has 0 atom stereocenters. The summed E-state index contributed by atoms with van der Waals surface area (Å²) in [5.74, 6) is 0.269. The van der Waals surface area contributed by atoms with Crippen LogP contribution in [-0.4, -0.2) is 18.3 Å². The highest BCUT2D eigenvalue weighted by atomic mass is 32.2. The van der Waals surface area contributed by atoms with Crippen LogP contribution in [0.1, 0.15) is 5.56 Å². The maximum Gasteiger partial charge on any atom is 0.238 e. The minimum Gasteiger partial charge on any atom is -0.398 e. The summed E-state index contributed by atoms with van der Waals surface area (Å²) in [6, 6.07) is 7.21. The molecule has 0 bridgehead atoms. The molecule has 0 aliphatic heterocycles. The number of nitrogens with one attached hydrogen (secondary N) is 1. The third-order valence-corrected chi connectivity index (χ3v) is 2.61. The molecule has 0 saturated carbocycles. The smallest absolute Gasteiger partial charge is 0.238 e. The number of hydrogen-bond acceptors (Lipinski definition) is 5. The van der Waals surface area contributed by atoms with Gasteiger partial charge in [0.2, 0.25) is 5.91 Å². The van der Waals surface area contributed by atoms with Crippen molar-refractivity contribution in [3.05, 3.63) is 35.2 Å². The summed E-state index contributed by atoms with van der Waals surface area (Å²) in [5, 5.41) is 4.45. The van der Waals surface area contributed by atoms with E-state index in [-0.39, 0.29) is 12.5 Å². The number of amides is 1. The summed E-state index contributed by atoms with van der Waals surface area (Å²) < 4.78 is 0.